The highest BCUT2D eigenvalue weighted by Crippen LogP contribution is 2.38. The number of hydrogen-bond acceptors (Lipinski definition) is 9. The van der Waals surface area contributed by atoms with Crippen molar-refractivity contribution in [1.29, 1.82) is 0 Å². The number of benzene rings is 1. The van der Waals surface area contributed by atoms with Crippen molar-refractivity contribution in [3.8, 4) is 0 Å². The maximum absolute atomic E-state index is 11.1. The molecule has 12 nitrogen and oxygen atoms in total. The Kier molecular flexibility index (Phi) is 4.30. The summed E-state index contributed by atoms with van der Waals surface area (Å²) in [6.07, 6.45) is -5.30. The Bertz CT molecular complexity index is 870. The Morgan fingerprint density at radius 2 is 1.80 bits per heavy atom. The van der Waals surface area contributed by atoms with E-state index in [4.69, 9.17) is 21.4 Å². The Hall–Kier alpha value is -2.38. The number of rotatable bonds is 4. The van der Waals surface area contributed by atoms with Gasteiger partial charge in [0.05, 0.1) is 33.6 Å². The van der Waals surface area contributed by atoms with E-state index in [9.17, 15) is 30.4 Å². The maximum Gasteiger partial charge on any atom is 0.348 e. The first-order chi connectivity index (χ1) is 11.8. The molecule has 0 saturated carbocycles. The zero-order chi connectivity index (χ0) is 18.5. The molecule has 134 valence electrons. The number of nitrogens with zero attached hydrogens (tertiary/aromatic N) is 4. The van der Waals surface area contributed by atoms with Crippen LogP contribution in [0.1, 0.15) is 6.23 Å². The average molecular weight is 375 g/mol. The molecule has 1 aliphatic rings. The molecular weight excluding hydrogens is 364 g/mol. The smallest absolute Gasteiger partial charge is 0.348 e. The van der Waals surface area contributed by atoms with Crippen molar-refractivity contribution in [2.75, 3.05) is 6.61 Å². The predicted octanol–water partition coefficient (Wildman–Crippen LogP) is 0.118. The van der Waals surface area contributed by atoms with E-state index < -0.39 is 52.4 Å². The molecule has 0 spiro atoms. The van der Waals surface area contributed by atoms with Gasteiger partial charge in [0.15, 0.2) is 6.23 Å². The lowest BCUT2D eigenvalue weighted by Gasteiger charge is -2.18. The van der Waals surface area contributed by atoms with Gasteiger partial charge in [0.25, 0.3) is 0 Å². The fourth-order valence-electron chi connectivity index (χ4n) is 2.72. The second-order valence-electron chi connectivity index (χ2n) is 5.32. The summed E-state index contributed by atoms with van der Waals surface area (Å²) in [6.45, 7) is -0.579. The second-order valence-corrected chi connectivity index (χ2v) is 5.66. The van der Waals surface area contributed by atoms with Crippen LogP contribution in [0, 0.1) is 20.2 Å². The number of aliphatic hydroxyl groups is 3. The van der Waals surface area contributed by atoms with Crippen molar-refractivity contribution in [2.45, 2.75) is 24.5 Å². The number of aromatic nitrogens is 2. The Morgan fingerprint density at radius 3 is 2.32 bits per heavy atom. The third kappa shape index (κ3) is 2.69. The van der Waals surface area contributed by atoms with E-state index in [2.05, 4.69) is 4.98 Å². The normalized spacial score (nSPS) is 26.2. The van der Waals surface area contributed by atoms with Crippen LogP contribution in [0.15, 0.2) is 12.1 Å². The van der Waals surface area contributed by atoms with Crippen LogP contribution in [0.4, 0.5) is 11.4 Å². The lowest BCUT2D eigenvalue weighted by atomic mass is 10.1. The van der Waals surface area contributed by atoms with Gasteiger partial charge in [-0.25, -0.2) is 4.98 Å². The predicted molar refractivity (Wildman–Crippen MR) is 81.1 cm³/mol. The molecule has 3 N–H and O–H groups in total. The van der Waals surface area contributed by atoms with Gasteiger partial charge in [-0.3, -0.25) is 24.8 Å². The monoisotopic (exact) mass is 374 g/mol. The number of hydrogen-bond donors (Lipinski definition) is 3. The molecule has 0 aliphatic carbocycles. The van der Waals surface area contributed by atoms with Crippen LogP contribution >= 0.6 is 11.6 Å². The summed E-state index contributed by atoms with van der Waals surface area (Å²) in [6, 6.07) is 1.78. The SMILES string of the molecule is O=[N+]([O-])c1cc2nc(Cl)n(C3O[C@H](CO)[C@@H](O)[C@H]3O)c2cc1[N+](=O)[O-]. The zero-order valence-electron chi connectivity index (χ0n) is 12.2. The summed E-state index contributed by atoms with van der Waals surface area (Å²) >= 11 is 5.99. The molecule has 0 bridgehead atoms. The van der Waals surface area contributed by atoms with Crippen molar-refractivity contribution < 1.29 is 29.9 Å². The van der Waals surface area contributed by atoms with E-state index in [1.807, 2.05) is 0 Å². The summed E-state index contributed by atoms with van der Waals surface area (Å²) in [5, 5.41) is 50.9. The number of nitro benzene ring substituents is 2. The van der Waals surface area contributed by atoms with Crippen molar-refractivity contribution in [3.63, 3.8) is 0 Å². The molecule has 1 unspecified atom stereocenters. The maximum atomic E-state index is 11.1. The molecular formula is C12H11ClN4O8. The standard InChI is InChI=1S/C12H11ClN4O8/c13-12-14-4-1-6(16(21)22)7(17(23)24)2-5(4)15(12)11-10(20)9(19)8(3-18)25-11/h1-2,8-11,18-20H,3H2/t8-,9-,10-,11?/m1/s1. The van der Waals surface area contributed by atoms with Crippen molar-refractivity contribution in [3.05, 3.63) is 37.6 Å². The van der Waals surface area contributed by atoms with Crippen LogP contribution in [-0.2, 0) is 4.74 Å². The van der Waals surface area contributed by atoms with E-state index in [1.165, 1.54) is 0 Å². The van der Waals surface area contributed by atoms with Crippen LogP contribution < -0.4 is 0 Å². The van der Waals surface area contributed by atoms with Gasteiger partial charge in [-0.2, -0.15) is 0 Å². The van der Waals surface area contributed by atoms with Crippen LogP contribution in [-0.4, -0.2) is 59.6 Å². The van der Waals surface area contributed by atoms with Gasteiger partial charge in [0.1, 0.15) is 18.3 Å². The molecule has 13 heteroatoms. The third-order valence-corrected chi connectivity index (χ3v) is 4.17. The van der Waals surface area contributed by atoms with Gasteiger partial charge in [0, 0.05) is 6.07 Å². The summed E-state index contributed by atoms with van der Waals surface area (Å²) in [4.78, 5) is 24.1. The topological polar surface area (TPSA) is 174 Å². The Labute approximate surface area is 143 Å². The fraction of sp³-hybridized carbons (Fsp3) is 0.417. The average Bonchev–Trinajstić information content (AvgIpc) is 3.02. The molecule has 1 saturated heterocycles. The van der Waals surface area contributed by atoms with Crippen LogP contribution in [0.2, 0.25) is 5.28 Å². The van der Waals surface area contributed by atoms with Gasteiger partial charge in [-0.1, -0.05) is 0 Å². The minimum atomic E-state index is -1.50. The summed E-state index contributed by atoms with van der Waals surface area (Å²) in [5.41, 5.74) is -1.58. The number of nitro groups is 2. The quantitative estimate of drug-likeness (QED) is 0.495. The first-order valence-corrected chi connectivity index (χ1v) is 7.26. The number of ether oxygens (including phenoxy) is 1. The lowest BCUT2D eigenvalue weighted by Crippen LogP contribution is -2.33. The molecule has 2 heterocycles. The van der Waals surface area contributed by atoms with E-state index in [0.717, 1.165) is 16.7 Å². The molecule has 25 heavy (non-hydrogen) atoms. The fourth-order valence-corrected chi connectivity index (χ4v) is 3.00. The van der Waals surface area contributed by atoms with Gasteiger partial charge in [-0.15, -0.1) is 0 Å². The van der Waals surface area contributed by atoms with E-state index in [1.54, 1.807) is 0 Å². The largest absolute Gasteiger partial charge is 0.394 e. The molecule has 1 fully saturated rings. The van der Waals surface area contributed by atoms with Crippen molar-refractivity contribution in [2.24, 2.45) is 0 Å². The molecule has 0 radical (unpaired) electrons. The number of fused-ring (bicyclic) bond motifs is 1. The summed E-state index contributed by atoms with van der Waals surface area (Å²) in [7, 11) is 0. The highest BCUT2D eigenvalue weighted by Gasteiger charge is 2.45. The Balaban J connectivity index is 2.20. The van der Waals surface area contributed by atoms with E-state index in [0.29, 0.717) is 0 Å². The summed E-state index contributed by atoms with van der Waals surface area (Å²) < 4.78 is 6.40. The first kappa shape index (κ1) is 17.4. The van der Waals surface area contributed by atoms with Crippen LogP contribution in [0.5, 0.6) is 0 Å². The molecule has 4 atom stereocenters. The number of imidazole rings is 1. The number of aliphatic hydroxyl groups excluding tert-OH is 3. The highest BCUT2D eigenvalue weighted by molar-refractivity contribution is 6.29. The van der Waals surface area contributed by atoms with E-state index in [-0.39, 0.29) is 16.3 Å². The first-order valence-electron chi connectivity index (χ1n) is 6.89. The zero-order valence-corrected chi connectivity index (χ0v) is 13.0. The molecule has 3 rings (SSSR count). The minimum Gasteiger partial charge on any atom is -0.394 e. The van der Waals surface area contributed by atoms with Crippen molar-refractivity contribution in [1.82, 2.24) is 9.55 Å². The molecule has 1 aromatic carbocycles. The van der Waals surface area contributed by atoms with Gasteiger partial charge in [-0.05, 0) is 11.6 Å². The molecule has 1 aliphatic heterocycles. The minimum absolute atomic E-state index is 0.00265. The molecule has 0 amide bonds. The lowest BCUT2D eigenvalue weighted by molar-refractivity contribution is -0.422. The Morgan fingerprint density at radius 1 is 1.20 bits per heavy atom. The second kappa shape index (κ2) is 6.16. The van der Waals surface area contributed by atoms with Crippen LogP contribution in [0.3, 0.4) is 0 Å². The van der Waals surface area contributed by atoms with Gasteiger partial charge in [0.2, 0.25) is 5.28 Å². The van der Waals surface area contributed by atoms with Gasteiger partial charge < -0.3 is 20.1 Å². The summed E-state index contributed by atoms with van der Waals surface area (Å²) in [5.74, 6) is 0. The highest BCUT2D eigenvalue weighted by atomic mass is 35.5. The molecule has 1 aromatic heterocycles. The number of halogens is 1. The van der Waals surface area contributed by atoms with E-state index >= 15 is 0 Å². The third-order valence-electron chi connectivity index (χ3n) is 3.91. The van der Waals surface area contributed by atoms with Crippen molar-refractivity contribution >= 4 is 34.0 Å². The molecule has 2 aromatic rings. The van der Waals surface area contributed by atoms with Crippen LogP contribution in [0.25, 0.3) is 11.0 Å². The van der Waals surface area contributed by atoms with Gasteiger partial charge >= 0.3 is 11.4 Å².